The molecular weight excluding hydrogens is 248 g/mol. The van der Waals surface area contributed by atoms with Gasteiger partial charge in [-0.2, -0.15) is 0 Å². The number of ether oxygens (including phenoxy) is 1. The molecule has 1 saturated heterocycles. The molecule has 1 aliphatic carbocycles. The van der Waals surface area contributed by atoms with Crippen molar-refractivity contribution in [3.05, 3.63) is 0 Å². The molecule has 1 heterocycles. The van der Waals surface area contributed by atoms with Crippen LogP contribution in [0.25, 0.3) is 0 Å². The summed E-state index contributed by atoms with van der Waals surface area (Å²) in [5.41, 5.74) is 0. The van der Waals surface area contributed by atoms with E-state index >= 15 is 0 Å². The van der Waals surface area contributed by atoms with Crippen molar-refractivity contribution < 1.29 is 4.74 Å². The molecule has 3 nitrogen and oxygen atoms in total. The normalized spacial score (nSPS) is 37.8. The summed E-state index contributed by atoms with van der Waals surface area (Å²) in [4.78, 5) is 2.54. The topological polar surface area (TPSA) is 24.5 Å². The van der Waals surface area contributed by atoms with E-state index in [1.807, 2.05) is 0 Å². The standard InChI is InChI=1S/C17H34N2O/c1-5-18-17(15-8-7-13(3)14(4)11-15)16-12-19(6-2)9-10-20-16/h13-18H,5-12H2,1-4H3. The molecule has 1 N–H and O–H groups in total. The minimum atomic E-state index is 0.384. The zero-order valence-corrected chi connectivity index (χ0v) is 13.9. The summed E-state index contributed by atoms with van der Waals surface area (Å²) in [5.74, 6) is 2.55. The Kier molecular flexibility index (Phi) is 6.31. The fraction of sp³-hybridized carbons (Fsp3) is 1.00. The van der Waals surface area contributed by atoms with Gasteiger partial charge in [-0.3, -0.25) is 4.90 Å². The molecule has 2 fully saturated rings. The van der Waals surface area contributed by atoms with E-state index in [0.717, 1.165) is 50.5 Å². The molecule has 0 bridgehead atoms. The third-order valence-electron chi connectivity index (χ3n) is 5.61. The van der Waals surface area contributed by atoms with Gasteiger partial charge in [-0.25, -0.2) is 0 Å². The van der Waals surface area contributed by atoms with Gasteiger partial charge in [0.25, 0.3) is 0 Å². The van der Waals surface area contributed by atoms with Crippen LogP contribution in [-0.2, 0) is 4.74 Å². The number of hydrogen-bond donors (Lipinski definition) is 1. The van der Waals surface area contributed by atoms with E-state index in [-0.39, 0.29) is 0 Å². The molecule has 0 amide bonds. The summed E-state index contributed by atoms with van der Waals surface area (Å²) < 4.78 is 6.14. The first-order valence-corrected chi connectivity index (χ1v) is 8.73. The van der Waals surface area contributed by atoms with Crippen LogP contribution >= 0.6 is 0 Å². The van der Waals surface area contributed by atoms with Gasteiger partial charge in [0, 0.05) is 19.1 Å². The van der Waals surface area contributed by atoms with Crippen molar-refractivity contribution in [1.29, 1.82) is 0 Å². The summed E-state index contributed by atoms with van der Waals surface area (Å²) >= 11 is 0. The molecule has 2 aliphatic rings. The predicted octanol–water partition coefficient (Wildman–Crippen LogP) is 2.76. The largest absolute Gasteiger partial charge is 0.374 e. The lowest BCUT2D eigenvalue weighted by Gasteiger charge is -2.43. The van der Waals surface area contributed by atoms with Gasteiger partial charge < -0.3 is 10.1 Å². The van der Waals surface area contributed by atoms with Crippen LogP contribution in [-0.4, -0.2) is 49.8 Å². The first-order valence-electron chi connectivity index (χ1n) is 8.73. The summed E-state index contributed by atoms with van der Waals surface area (Å²) in [6.45, 7) is 14.6. The van der Waals surface area contributed by atoms with E-state index in [9.17, 15) is 0 Å². The van der Waals surface area contributed by atoms with Crippen molar-refractivity contribution in [1.82, 2.24) is 10.2 Å². The first kappa shape index (κ1) is 16.3. The maximum Gasteiger partial charge on any atom is 0.0857 e. The number of nitrogens with one attached hydrogen (secondary N) is 1. The van der Waals surface area contributed by atoms with Gasteiger partial charge in [0.2, 0.25) is 0 Å². The van der Waals surface area contributed by atoms with Gasteiger partial charge in [0.05, 0.1) is 12.7 Å². The molecule has 2 rings (SSSR count). The molecular formula is C17H34N2O. The number of nitrogens with zero attached hydrogens (tertiary/aromatic N) is 1. The van der Waals surface area contributed by atoms with E-state index in [4.69, 9.17) is 4.74 Å². The quantitative estimate of drug-likeness (QED) is 0.839. The van der Waals surface area contributed by atoms with E-state index in [1.54, 1.807) is 0 Å². The summed E-state index contributed by atoms with van der Waals surface area (Å²) in [7, 11) is 0. The van der Waals surface area contributed by atoms with E-state index < -0.39 is 0 Å². The maximum absolute atomic E-state index is 6.14. The monoisotopic (exact) mass is 282 g/mol. The number of hydrogen-bond acceptors (Lipinski definition) is 3. The number of likely N-dealkylation sites (N-methyl/N-ethyl adjacent to an activating group) is 2. The van der Waals surface area contributed by atoms with Crippen molar-refractivity contribution in [2.45, 2.75) is 59.1 Å². The first-order chi connectivity index (χ1) is 9.65. The Morgan fingerprint density at radius 3 is 2.65 bits per heavy atom. The Hall–Kier alpha value is -0.120. The van der Waals surface area contributed by atoms with Crippen molar-refractivity contribution in [2.24, 2.45) is 17.8 Å². The maximum atomic E-state index is 6.14. The summed E-state index contributed by atoms with van der Waals surface area (Å²) in [5, 5.41) is 3.75. The Morgan fingerprint density at radius 2 is 2.00 bits per heavy atom. The molecule has 118 valence electrons. The minimum absolute atomic E-state index is 0.384. The van der Waals surface area contributed by atoms with Crippen molar-refractivity contribution in [2.75, 3.05) is 32.8 Å². The van der Waals surface area contributed by atoms with Gasteiger partial charge in [-0.1, -0.05) is 34.1 Å². The SMILES string of the molecule is CCNC(C1CCC(C)C(C)C1)C1CN(CC)CCO1. The molecule has 0 spiro atoms. The molecule has 5 unspecified atom stereocenters. The van der Waals surface area contributed by atoms with Crippen LogP contribution in [0.3, 0.4) is 0 Å². The Morgan fingerprint density at radius 1 is 1.20 bits per heavy atom. The van der Waals surface area contributed by atoms with Gasteiger partial charge in [0.1, 0.15) is 0 Å². The number of rotatable bonds is 5. The third-order valence-corrected chi connectivity index (χ3v) is 5.61. The fourth-order valence-corrected chi connectivity index (χ4v) is 3.99. The van der Waals surface area contributed by atoms with Crippen LogP contribution in [0, 0.1) is 17.8 Å². The van der Waals surface area contributed by atoms with Crippen molar-refractivity contribution in [3.63, 3.8) is 0 Å². The van der Waals surface area contributed by atoms with Gasteiger partial charge >= 0.3 is 0 Å². The molecule has 20 heavy (non-hydrogen) atoms. The lowest BCUT2D eigenvalue weighted by Crippen LogP contribution is -2.55. The molecule has 5 atom stereocenters. The average Bonchev–Trinajstić information content (AvgIpc) is 2.48. The second-order valence-corrected chi connectivity index (χ2v) is 6.91. The molecule has 0 aromatic heterocycles. The third kappa shape index (κ3) is 3.96. The molecule has 0 aromatic carbocycles. The second kappa shape index (κ2) is 7.77. The Labute approximate surface area is 125 Å². The van der Waals surface area contributed by atoms with E-state index in [1.165, 1.54) is 19.3 Å². The lowest BCUT2D eigenvalue weighted by molar-refractivity contribution is -0.0608. The average molecular weight is 282 g/mol. The fourth-order valence-electron chi connectivity index (χ4n) is 3.99. The molecule has 1 aliphatic heterocycles. The van der Waals surface area contributed by atoms with Crippen LogP contribution in [0.4, 0.5) is 0 Å². The summed E-state index contributed by atoms with van der Waals surface area (Å²) in [6, 6.07) is 0.546. The minimum Gasteiger partial charge on any atom is -0.374 e. The van der Waals surface area contributed by atoms with Crippen molar-refractivity contribution in [3.8, 4) is 0 Å². The predicted molar refractivity (Wildman–Crippen MR) is 85.0 cm³/mol. The van der Waals surface area contributed by atoms with Gasteiger partial charge in [-0.05, 0) is 43.7 Å². The highest BCUT2D eigenvalue weighted by Crippen LogP contribution is 2.36. The van der Waals surface area contributed by atoms with Crippen LogP contribution < -0.4 is 5.32 Å². The number of morpholine rings is 1. The van der Waals surface area contributed by atoms with Crippen LogP contribution in [0.2, 0.25) is 0 Å². The summed E-state index contributed by atoms with van der Waals surface area (Å²) in [6.07, 6.45) is 4.51. The van der Waals surface area contributed by atoms with E-state index in [2.05, 4.69) is 37.9 Å². The molecule has 0 radical (unpaired) electrons. The molecule has 3 heteroatoms. The highest BCUT2D eigenvalue weighted by Gasteiger charge is 2.36. The molecule has 0 aromatic rings. The zero-order valence-electron chi connectivity index (χ0n) is 13.9. The highest BCUT2D eigenvalue weighted by molar-refractivity contribution is 4.91. The second-order valence-electron chi connectivity index (χ2n) is 6.91. The van der Waals surface area contributed by atoms with Crippen LogP contribution in [0.1, 0.15) is 47.0 Å². The highest BCUT2D eigenvalue weighted by atomic mass is 16.5. The van der Waals surface area contributed by atoms with E-state index in [0.29, 0.717) is 12.1 Å². The van der Waals surface area contributed by atoms with Gasteiger partial charge in [-0.15, -0.1) is 0 Å². The van der Waals surface area contributed by atoms with Crippen molar-refractivity contribution >= 4 is 0 Å². The van der Waals surface area contributed by atoms with Gasteiger partial charge in [0.15, 0.2) is 0 Å². The smallest absolute Gasteiger partial charge is 0.0857 e. The van der Waals surface area contributed by atoms with Crippen LogP contribution in [0.5, 0.6) is 0 Å². The Bertz CT molecular complexity index is 278. The Balaban J connectivity index is 1.98. The van der Waals surface area contributed by atoms with Crippen LogP contribution in [0.15, 0.2) is 0 Å². The lowest BCUT2D eigenvalue weighted by atomic mass is 9.72. The molecule has 1 saturated carbocycles. The zero-order chi connectivity index (χ0) is 14.5.